The lowest BCUT2D eigenvalue weighted by atomic mass is 10.1. The molecule has 1 aliphatic carbocycles. The van der Waals surface area contributed by atoms with Crippen LogP contribution in [0.15, 0.2) is 45.8 Å². The number of hydrogen-bond donors (Lipinski definition) is 0. The number of benzene rings is 1. The fourth-order valence-electron chi connectivity index (χ4n) is 3.11. The van der Waals surface area contributed by atoms with Crippen molar-refractivity contribution >= 4 is 15.8 Å². The smallest absolute Gasteiger partial charge is 0.328 e. The van der Waals surface area contributed by atoms with Gasteiger partial charge < -0.3 is 9.26 Å². The van der Waals surface area contributed by atoms with Crippen LogP contribution in [0.4, 0.5) is 0 Å². The van der Waals surface area contributed by atoms with Gasteiger partial charge in [0.15, 0.2) is 14.6 Å². The molecule has 1 aliphatic rings. The van der Waals surface area contributed by atoms with E-state index in [9.17, 15) is 13.2 Å². The SMILES string of the molecule is Cc1cc(COC(=O)C2(S(=O)(=O)c3ccccc3)CCCC2)no1. The van der Waals surface area contributed by atoms with Gasteiger partial charge in [0.05, 0.1) is 4.90 Å². The quantitative estimate of drug-likeness (QED) is 0.772. The lowest BCUT2D eigenvalue weighted by Gasteiger charge is -2.26. The van der Waals surface area contributed by atoms with Crippen molar-refractivity contribution < 1.29 is 22.5 Å². The highest BCUT2D eigenvalue weighted by Gasteiger charge is 2.54. The lowest BCUT2D eigenvalue weighted by molar-refractivity contribution is -0.148. The van der Waals surface area contributed by atoms with E-state index in [2.05, 4.69) is 5.16 Å². The van der Waals surface area contributed by atoms with Crippen LogP contribution in [0.3, 0.4) is 0 Å². The number of carbonyl (C=O) groups excluding carboxylic acids is 1. The summed E-state index contributed by atoms with van der Waals surface area (Å²) >= 11 is 0. The molecular formula is C17H19NO5S. The van der Waals surface area contributed by atoms with E-state index in [1.807, 2.05) is 0 Å². The zero-order chi connectivity index (χ0) is 17.2. The van der Waals surface area contributed by atoms with Gasteiger partial charge in [-0.1, -0.05) is 36.2 Å². The molecule has 128 valence electrons. The summed E-state index contributed by atoms with van der Waals surface area (Å²) < 4.78 is 34.9. The molecule has 6 nitrogen and oxygen atoms in total. The van der Waals surface area contributed by atoms with Gasteiger partial charge in [-0.05, 0) is 31.9 Å². The summed E-state index contributed by atoms with van der Waals surface area (Å²) in [5.74, 6) is -0.0990. The predicted octanol–water partition coefficient (Wildman–Crippen LogP) is 2.81. The number of carbonyl (C=O) groups is 1. The van der Waals surface area contributed by atoms with Crippen LogP contribution in [-0.2, 0) is 26.0 Å². The molecule has 0 amide bonds. The van der Waals surface area contributed by atoms with Crippen LogP contribution in [0.5, 0.6) is 0 Å². The number of nitrogens with zero attached hydrogens (tertiary/aromatic N) is 1. The molecule has 0 spiro atoms. The first-order chi connectivity index (χ1) is 11.5. The number of sulfone groups is 1. The standard InChI is InChI=1S/C17H19NO5S/c1-13-11-14(18-23-13)12-22-16(19)17(9-5-6-10-17)24(20,21)15-7-3-2-4-8-15/h2-4,7-8,11H,5-6,9-10,12H2,1H3. The molecule has 0 N–H and O–H groups in total. The number of aryl methyl sites for hydroxylation is 1. The van der Waals surface area contributed by atoms with Crippen LogP contribution in [0.2, 0.25) is 0 Å². The summed E-state index contributed by atoms with van der Waals surface area (Å²) in [5, 5.41) is 3.76. The fourth-order valence-corrected chi connectivity index (χ4v) is 5.18. The van der Waals surface area contributed by atoms with Gasteiger partial charge in [-0.2, -0.15) is 0 Å². The molecule has 1 fully saturated rings. The van der Waals surface area contributed by atoms with Crippen molar-refractivity contribution in [1.29, 1.82) is 0 Å². The summed E-state index contributed by atoms with van der Waals surface area (Å²) in [5.41, 5.74) is 0.464. The number of esters is 1. The van der Waals surface area contributed by atoms with Crippen molar-refractivity contribution in [1.82, 2.24) is 5.16 Å². The minimum Gasteiger partial charge on any atom is -0.458 e. The molecule has 0 aliphatic heterocycles. The summed E-state index contributed by atoms with van der Waals surface area (Å²) in [6.07, 6.45) is 1.93. The van der Waals surface area contributed by atoms with E-state index < -0.39 is 20.6 Å². The van der Waals surface area contributed by atoms with Gasteiger partial charge in [-0.15, -0.1) is 0 Å². The topological polar surface area (TPSA) is 86.5 Å². The second-order valence-corrected chi connectivity index (χ2v) is 8.28. The van der Waals surface area contributed by atoms with Crippen molar-refractivity contribution in [3.05, 3.63) is 47.9 Å². The Morgan fingerprint density at radius 1 is 1.25 bits per heavy atom. The molecule has 0 unspecified atom stereocenters. The molecular weight excluding hydrogens is 330 g/mol. The summed E-state index contributed by atoms with van der Waals surface area (Å²) in [6, 6.07) is 9.73. The molecule has 3 rings (SSSR count). The molecule has 1 saturated carbocycles. The third kappa shape index (κ3) is 2.84. The lowest BCUT2D eigenvalue weighted by Crippen LogP contribution is -2.45. The molecule has 1 heterocycles. The normalized spacial score (nSPS) is 16.9. The Hall–Kier alpha value is -2.15. The highest BCUT2D eigenvalue weighted by Crippen LogP contribution is 2.41. The molecule has 0 saturated heterocycles. The van der Waals surface area contributed by atoms with Crippen LogP contribution in [0.1, 0.15) is 37.1 Å². The monoisotopic (exact) mass is 349 g/mol. The third-order valence-corrected chi connectivity index (χ3v) is 6.88. The molecule has 7 heteroatoms. The first-order valence-corrected chi connectivity index (χ1v) is 9.33. The maximum atomic E-state index is 13.1. The number of ether oxygens (including phenoxy) is 1. The Bertz CT molecular complexity index is 820. The Morgan fingerprint density at radius 2 is 1.92 bits per heavy atom. The minimum atomic E-state index is -3.82. The van der Waals surface area contributed by atoms with Crippen LogP contribution >= 0.6 is 0 Å². The maximum Gasteiger partial charge on any atom is 0.328 e. The van der Waals surface area contributed by atoms with Crippen molar-refractivity contribution in [2.45, 2.75) is 48.9 Å². The second-order valence-electron chi connectivity index (χ2n) is 6.02. The second kappa shape index (κ2) is 6.39. The van der Waals surface area contributed by atoms with Crippen LogP contribution in [0.25, 0.3) is 0 Å². The molecule has 1 aromatic carbocycles. The molecule has 24 heavy (non-hydrogen) atoms. The van der Waals surface area contributed by atoms with Gasteiger partial charge in [0.25, 0.3) is 0 Å². The van der Waals surface area contributed by atoms with Gasteiger partial charge in [0, 0.05) is 6.07 Å². The van der Waals surface area contributed by atoms with Crippen molar-refractivity contribution in [3.63, 3.8) is 0 Å². The maximum absolute atomic E-state index is 13.1. The predicted molar refractivity (Wildman–Crippen MR) is 85.9 cm³/mol. The van der Waals surface area contributed by atoms with Gasteiger partial charge in [-0.3, -0.25) is 4.79 Å². The van der Waals surface area contributed by atoms with E-state index in [-0.39, 0.29) is 24.3 Å². The summed E-state index contributed by atoms with van der Waals surface area (Å²) in [7, 11) is -3.82. The van der Waals surface area contributed by atoms with E-state index in [1.165, 1.54) is 12.1 Å². The van der Waals surface area contributed by atoms with Gasteiger partial charge in [-0.25, -0.2) is 8.42 Å². The van der Waals surface area contributed by atoms with Crippen molar-refractivity contribution in [3.8, 4) is 0 Å². The molecule has 0 atom stereocenters. The van der Waals surface area contributed by atoms with Crippen LogP contribution in [-0.4, -0.2) is 24.3 Å². The molecule has 0 radical (unpaired) electrons. The van der Waals surface area contributed by atoms with Gasteiger partial charge >= 0.3 is 5.97 Å². The van der Waals surface area contributed by atoms with Gasteiger partial charge in [0.2, 0.25) is 0 Å². The molecule has 2 aromatic rings. The zero-order valence-electron chi connectivity index (χ0n) is 13.4. The van der Waals surface area contributed by atoms with Crippen LogP contribution in [0, 0.1) is 6.92 Å². The van der Waals surface area contributed by atoms with E-state index in [1.54, 1.807) is 31.2 Å². The average molecular weight is 349 g/mol. The number of hydrogen-bond acceptors (Lipinski definition) is 6. The average Bonchev–Trinajstić information content (AvgIpc) is 3.23. The third-order valence-electron chi connectivity index (χ3n) is 4.38. The Balaban J connectivity index is 1.86. The molecule has 0 bridgehead atoms. The first kappa shape index (κ1) is 16.7. The fraction of sp³-hybridized carbons (Fsp3) is 0.412. The van der Waals surface area contributed by atoms with Gasteiger partial charge in [0.1, 0.15) is 18.1 Å². The van der Waals surface area contributed by atoms with E-state index >= 15 is 0 Å². The Kier molecular flexibility index (Phi) is 4.45. The first-order valence-electron chi connectivity index (χ1n) is 7.85. The summed E-state index contributed by atoms with van der Waals surface area (Å²) in [4.78, 5) is 12.9. The van der Waals surface area contributed by atoms with Crippen LogP contribution < -0.4 is 0 Å². The largest absolute Gasteiger partial charge is 0.458 e. The number of aromatic nitrogens is 1. The van der Waals surface area contributed by atoms with E-state index in [0.29, 0.717) is 24.3 Å². The Labute approximate surface area is 140 Å². The minimum absolute atomic E-state index is 0.0950. The van der Waals surface area contributed by atoms with E-state index in [4.69, 9.17) is 9.26 Å². The van der Waals surface area contributed by atoms with Crippen molar-refractivity contribution in [2.75, 3.05) is 0 Å². The van der Waals surface area contributed by atoms with E-state index in [0.717, 1.165) is 0 Å². The Morgan fingerprint density at radius 3 is 2.50 bits per heavy atom. The summed E-state index contributed by atoms with van der Waals surface area (Å²) in [6.45, 7) is 1.64. The highest BCUT2D eigenvalue weighted by molar-refractivity contribution is 7.93. The zero-order valence-corrected chi connectivity index (χ0v) is 14.2. The number of rotatable bonds is 5. The molecule has 1 aromatic heterocycles. The van der Waals surface area contributed by atoms with Crippen molar-refractivity contribution in [2.24, 2.45) is 0 Å². The highest BCUT2D eigenvalue weighted by atomic mass is 32.2.